The van der Waals surface area contributed by atoms with Crippen molar-refractivity contribution >= 4 is 23.5 Å². The van der Waals surface area contributed by atoms with Crippen molar-refractivity contribution in [1.29, 1.82) is 0 Å². The Morgan fingerprint density at radius 2 is 1.83 bits per heavy atom. The van der Waals surface area contributed by atoms with Crippen LogP contribution in [0.3, 0.4) is 0 Å². The van der Waals surface area contributed by atoms with Gasteiger partial charge in [0.05, 0.1) is 5.56 Å². The van der Waals surface area contributed by atoms with Gasteiger partial charge in [-0.3, -0.25) is 14.5 Å². The van der Waals surface area contributed by atoms with Crippen molar-refractivity contribution in [3.05, 3.63) is 65.2 Å². The number of imide groups is 1. The fourth-order valence-electron chi connectivity index (χ4n) is 3.40. The molecule has 3 rings (SSSR count). The van der Waals surface area contributed by atoms with E-state index in [9.17, 15) is 27.6 Å². The molecule has 1 aliphatic heterocycles. The van der Waals surface area contributed by atoms with Crippen molar-refractivity contribution in [1.82, 2.24) is 10.2 Å². The number of hydrogen-bond donors (Lipinski definition) is 2. The Morgan fingerprint density at radius 3 is 2.50 bits per heavy atom. The van der Waals surface area contributed by atoms with Crippen LogP contribution < -0.4 is 10.6 Å². The van der Waals surface area contributed by atoms with Crippen molar-refractivity contribution in [3.8, 4) is 0 Å². The Hall–Kier alpha value is -3.36. The monoisotopic (exact) mass is 419 g/mol. The number of anilines is 1. The van der Waals surface area contributed by atoms with E-state index in [1.54, 1.807) is 18.2 Å². The Morgan fingerprint density at radius 1 is 1.13 bits per heavy atom. The maximum Gasteiger partial charge on any atom is 0.416 e. The van der Waals surface area contributed by atoms with Crippen LogP contribution in [0.25, 0.3) is 0 Å². The van der Waals surface area contributed by atoms with Crippen molar-refractivity contribution in [2.75, 3.05) is 11.9 Å². The summed E-state index contributed by atoms with van der Waals surface area (Å²) in [4.78, 5) is 38.2. The van der Waals surface area contributed by atoms with E-state index in [0.29, 0.717) is 10.6 Å². The molecule has 0 spiro atoms. The molecule has 30 heavy (non-hydrogen) atoms. The lowest BCUT2D eigenvalue weighted by Crippen LogP contribution is -2.43. The molecule has 0 bridgehead atoms. The maximum atomic E-state index is 13.4. The van der Waals surface area contributed by atoms with E-state index >= 15 is 0 Å². The summed E-state index contributed by atoms with van der Waals surface area (Å²) in [6.45, 7) is 2.53. The van der Waals surface area contributed by atoms with Crippen LogP contribution in [0.1, 0.15) is 30.5 Å². The number of alkyl halides is 3. The van der Waals surface area contributed by atoms with Gasteiger partial charge in [-0.1, -0.05) is 37.3 Å². The third-order valence-electron chi connectivity index (χ3n) is 4.97. The molecule has 2 N–H and O–H groups in total. The minimum absolute atomic E-state index is 0.380. The molecule has 4 amide bonds. The smallest absolute Gasteiger partial charge is 0.325 e. The first kappa shape index (κ1) is 21.4. The van der Waals surface area contributed by atoms with Crippen molar-refractivity contribution in [2.24, 2.45) is 0 Å². The van der Waals surface area contributed by atoms with Gasteiger partial charge in [-0.2, -0.15) is 13.2 Å². The van der Waals surface area contributed by atoms with Crippen molar-refractivity contribution < 1.29 is 27.6 Å². The summed E-state index contributed by atoms with van der Waals surface area (Å²) in [7, 11) is 0. The lowest BCUT2D eigenvalue weighted by Gasteiger charge is -2.25. The molecule has 9 heteroatoms. The fourth-order valence-corrected chi connectivity index (χ4v) is 3.40. The maximum absolute atomic E-state index is 13.4. The molecule has 1 fully saturated rings. The predicted molar refractivity (Wildman–Crippen MR) is 103 cm³/mol. The van der Waals surface area contributed by atoms with Gasteiger partial charge in [0.1, 0.15) is 12.1 Å². The molecule has 1 heterocycles. The van der Waals surface area contributed by atoms with Gasteiger partial charge < -0.3 is 10.6 Å². The van der Waals surface area contributed by atoms with Gasteiger partial charge in [-0.05, 0) is 42.7 Å². The normalized spacial score (nSPS) is 19.0. The van der Waals surface area contributed by atoms with Crippen molar-refractivity contribution in [2.45, 2.75) is 32.0 Å². The first-order chi connectivity index (χ1) is 14.1. The molecule has 158 valence electrons. The molecule has 1 aliphatic rings. The molecule has 0 aliphatic carbocycles. The van der Waals surface area contributed by atoms with Crippen LogP contribution in [-0.4, -0.2) is 29.3 Å². The summed E-state index contributed by atoms with van der Waals surface area (Å²) in [5, 5.41) is 4.90. The highest BCUT2D eigenvalue weighted by molar-refractivity contribution is 6.10. The van der Waals surface area contributed by atoms with E-state index < -0.39 is 41.7 Å². The number of carbonyl (C=O) groups excluding carboxylic acids is 3. The van der Waals surface area contributed by atoms with Crippen LogP contribution in [-0.2, 0) is 27.7 Å². The zero-order valence-electron chi connectivity index (χ0n) is 16.3. The van der Waals surface area contributed by atoms with E-state index in [-0.39, 0.29) is 5.56 Å². The van der Waals surface area contributed by atoms with Crippen molar-refractivity contribution in [3.63, 3.8) is 0 Å². The van der Waals surface area contributed by atoms with Crippen LogP contribution in [0.15, 0.2) is 48.5 Å². The SMILES string of the molecule is CCc1cccc(NC(=O)CN2C(=O)N[C@](C)(c3ccccc3C(F)(F)F)C2=O)c1. The van der Waals surface area contributed by atoms with E-state index in [1.165, 1.54) is 19.1 Å². The van der Waals surface area contributed by atoms with Crippen LogP contribution >= 0.6 is 0 Å². The molecule has 2 aromatic carbocycles. The molecule has 0 aromatic heterocycles. The fraction of sp³-hybridized carbons (Fsp3) is 0.286. The number of hydrogen-bond acceptors (Lipinski definition) is 3. The highest BCUT2D eigenvalue weighted by Crippen LogP contribution is 2.39. The average molecular weight is 419 g/mol. The number of halogens is 3. The summed E-state index contributed by atoms with van der Waals surface area (Å²) in [6, 6.07) is 10.7. The first-order valence-corrected chi connectivity index (χ1v) is 9.26. The molecular formula is C21H20F3N3O3. The molecule has 0 saturated carbocycles. The number of nitrogens with one attached hydrogen (secondary N) is 2. The van der Waals surface area contributed by atoms with Gasteiger partial charge in [0.25, 0.3) is 5.91 Å². The number of urea groups is 1. The Labute approximate surface area is 171 Å². The van der Waals surface area contributed by atoms with E-state index in [1.807, 2.05) is 13.0 Å². The quantitative estimate of drug-likeness (QED) is 0.726. The summed E-state index contributed by atoms with van der Waals surface area (Å²) in [5.74, 6) is -1.57. The third kappa shape index (κ3) is 4.00. The zero-order valence-corrected chi connectivity index (χ0v) is 16.3. The van der Waals surface area contributed by atoms with Gasteiger partial charge in [0.15, 0.2) is 0 Å². The molecule has 0 unspecified atom stereocenters. The molecule has 1 saturated heterocycles. The molecule has 1 atom stereocenters. The Bertz CT molecular complexity index is 1010. The van der Waals surface area contributed by atoms with Gasteiger partial charge in [-0.15, -0.1) is 0 Å². The number of aryl methyl sites for hydroxylation is 1. The largest absolute Gasteiger partial charge is 0.416 e. The lowest BCUT2D eigenvalue weighted by atomic mass is 9.87. The second-order valence-corrected chi connectivity index (χ2v) is 7.09. The minimum atomic E-state index is -4.71. The zero-order chi connectivity index (χ0) is 22.1. The van der Waals surface area contributed by atoms with Gasteiger partial charge >= 0.3 is 12.2 Å². The van der Waals surface area contributed by atoms with Crippen LogP contribution in [0.4, 0.5) is 23.7 Å². The second kappa shape index (κ2) is 7.81. The summed E-state index contributed by atoms with van der Waals surface area (Å²) >= 11 is 0. The topological polar surface area (TPSA) is 78.5 Å². The van der Waals surface area contributed by atoms with Gasteiger partial charge in [0.2, 0.25) is 5.91 Å². The predicted octanol–water partition coefficient (Wildman–Crippen LogP) is 3.67. The third-order valence-corrected chi connectivity index (χ3v) is 4.97. The molecular weight excluding hydrogens is 399 g/mol. The highest BCUT2D eigenvalue weighted by Gasteiger charge is 2.52. The average Bonchev–Trinajstić information content (AvgIpc) is 2.91. The van der Waals surface area contributed by atoms with Gasteiger partial charge in [-0.25, -0.2) is 4.79 Å². The number of carbonyl (C=O) groups is 3. The second-order valence-electron chi connectivity index (χ2n) is 7.09. The number of amides is 4. The van der Waals surface area contributed by atoms with Crippen LogP contribution in [0, 0.1) is 0 Å². The summed E-state index contributed by atoms with van der Waals surface area (Å²) in [5.41, 5.74) is -1.86. The molecule has 2 aromatic rings. The van der Waals surface area contributed by atoms with Crippen LogP contribution in [0.2, 0.25) is 0 Å². The number of nitrogens with zero attached hydrogens (tertiary/aromatic N) is 1. The summed E-state index contributed by atoms with van der Waals surface area (Å²) < 4.78 is 40.2. The molecule has 6 nitrogen and oxygen atoms in total. The standard InChI is InChI=1S/C21H20F3N3O3/c1-3-13-7-6-8-14(11-13)25-17(28)12-27-18(29)20(2,26-19(27)30)15-9-4-5-10-16(15)21(22,23)24/h4-11H,3,12H2,1-2H3,(H,25,28)(H,26,30)/t20-/m1/s1. The highest BCUT2D eigenvalue weighted by atomic mass is 19.4. The molecule has 0 radical (unpaired) electrons. The first-order valence-electron chi connectivity index (χ1n) is 9.26. The van der Waals surface area contributed by atoms with E-state index in [2.05, 4.69) is 10.6 Å². The van der Waals surface area contributed by atoms with Gasteiger partial charge in [0, 0.05) is 5.69 Å². The van der Waals surface area contributed by atoms with Crippen LogP contribution in [0.5, 0.6) is 0 Å². The minimum Gasteiger partial charge on any atom is -0.325 e. The Kier molecular flexibility index (Phi) is 5.56. The lowest BCUT2D eigenvalue weighted by molar-refractivity contribution is -0.140. The van der Waals surface area contributed by atoms with E-state index in [0.717, 1.165) is 24.1 Å². The Balaban J connectivity index is 1.82. The summed E-state index contributed by atoms with van der Waals surface area (Å²) in [6.07, 6.45) is -3.95. The number of benzene rings is 2. The number of rotatable bonds is 5. The van der Waals surface area contributed by atoms with E-state index in [4.69, 9.17) is 0 Å².